The maximum atomic E-state index is 12.9. The number of hydrogen-bond donors (Lipinski definition) is 3. The topological polar surface area (TPSA) is 88.4 Å². The second-order valence-corrected chi connectivity index (χ2v) is 5.37. The molecule has 2 amide bonds. The van der Waals surface area contributed by atoms with E-state index in [2.05, 4.69) is 15.7 Å². The number of anilines is 1. The molecule has 1 aromatic carbocycles. The van der Waals surface area contributed by atoms with Crippen LogP contribution >= 0.6 is 0 Å². The first-order chi connectivity index (χ1) is 11.5. The van der Waals surface area contributed by atoms with E-state index in [1.54, 1.807) is 24.9 Å². The van der Waals surface area contributed by atoms with Gasteiger partial charge in [-0.1, -0.05) is 12.1 Å². The Bertz CT molecular complexity index is 660. The van der Waals surface area contributed by atoms with Crippen molar-refractivity contribution in [3.05, 3.63) is 48.0 Å². The summed E-state index contributed by atoms with van der Waals surface area (Å²) in [4.78, 5) is 12.0. The van der Waals surface area contributed by atoms with Crippen LogP contribution in [-0.4, -0.2) is 40.7 Å². The minimum absolute atomic E-state index is 0.380. The van der Waals surface area contributed by atoms with E-state index in [4.69, 9.17) is 4.74 Å². The maximum absolute atomic E-state index is 12.9. The van der Waals surface area contributed by atoms with E-state index in [0.29, 0.717) is 24.4 Å². The van der Waals surface area contributed by atoms with Gasteiger partial charge in [0.05, 0.1) is 37.2 Å². The number of nitrogens with one attached hydrogen (secondary N) is 2. The molecule has 0 aliphatic rings. The Kier molecular flexibility index (Phi) is 6.28. The lowest BCUT2D eigenvalue weighted by Gasteiger charge is -2.20. The van der Waals surface area contributed by atoms with Crippen LogP contribution in [0.1, 0.15) is 18.6 Å². The number of aliphatic hydroxyl groups is 1. The van der Waals surface area contributed by atoms with Crippen LogP contribution in [0.25, 0.3) is 0 Å². The van der Waals surface area contributed by atoms with Crippen LogP contribution in [-0.2, 0) is 11.3 Å². The quantitative estimate of drug-likeness (QED) is 0.721. The molecule has 2 aromatic rings. The summed E-state index contributed by atoms with van der Waals surface area (Å²) in [7, 11) is 1.60. The van der Waals surface area contributed by atoms with Crippen LogP contribution in [0, 0.1) is 5.82 Å². The highest BCUT2D eigenvalue weighted by Gasteiger charge is 2.18. The van der Waals surface area contributed by atoms with Gasteiger partial charge in [0.15, 0.2) is 0 Å². The summed E-state index contributed by atoms with van der Waals surface area (Å²) in [5.41, 5.74) is 1.06. The van der Waals surface area contributed by atoms with Gasteiger partial charge in [-0.2, -0.15) is 5.10 Å². The fraction of sp³-hybridized carbons (Fsp3) is 0.375. The van der Waals surface area contributed by atoms with Crippen LogP contribution in [0.4, 0.5) is 14.9 Å². The van der Waals surface area contributed by atoms with E-state index < -0.39 is 18.2 Å². The fourth-order valence-corrected chi connectivity index (χ4v) is 2.14. The average molecular weight is 336 g/mol. The van der Waals surface area contributed by atoms with Crippen molar-refractivity contribution in [3.8, 4) is 0 Å². The Morgan fingerprint density at radius 2 is 2.12 bits per heavy atom. The summed E-state index contributed by atoms with van der Waals surface area (Å²) in [6.07, 6.45) is 2.26. The first-order valence-corrected chi connectivity index (χ1v) is 7.52. The van der Waals surface area contributed by atoms with Crippen LogP contribution in [0.3, 0.4) is 0 Å². The molecule has 2 rings (SSSR count). The molecule has 0 spiro atoms. The molecule has 1 heterocycles. The smallest absolute Gasteiger partial charge is 0.319 e. The Morgan fingerprint density at radius 3 is 2.79 bits per heavy atom. The molecular formula is C16H21FN4O3. The van der Waals surface area contributed by atoms with E-state index in [-0.39, 0.29) is 5.82 Å². The van der Waals surface area contributed by atoms with Gasteiger partial charge in [-0.05, 0) is 24.6 Å². The van der Waals surface area contributed by atoms with Crippen LogP contribution in [0.5, 0.6) is 0 Å². The number of carbonyl (C=O) groups is 1. The Balaban J connectivity index is 1.86. The van der Waals surface area contributed by atoms with E-state index in [1.807, 2.05) is 0 Å². The zero-order valence-corrected chi connectivity index (χ0v) is 13.6. The van der Waals surface area contributed by atoms with Crippen molar-refractivity contribution in [3.63, 3.8) is 0 Å². The molecule has 0 unspecified atom stereocenters. The molecule has 0 radical (unpaired) electrons. The van der Waals surface area contributed by atoms with Gasteiger partial charge in [-0.15, -0.1) is 0 Å². The molecule has 8 heteroatoms. The third-order valence-electron chi connectivity index (χ3n) is 3.46. The number of urea groups is 1. The van der Waals surface area contributed by atoms with E-state index in [0.717, 1.165) is 0 Å². The van der Waals surface area contributed by atoms with Gasteiger partial charge in [-0.3, -0.25) is 4.68 Å². The number of ether oxygens (including phenoxy) is 1. The zero-order valence-electron chi connectivity index (χ0n) is 13.6. The second kappa shape index (κ2) is 8.42. The number of nitrogens with zero attached hydrogens (tertiary/aromatic N) is 2. The SMILES string of the molecule is COCCn1cc(NC(=O)N[C@H](C)[C@@H](O)c2ccc(F)cc2)cn1. The first-order valence-electron chi connectivity index (χ1n) is 7.52. The summed E-state index contributed by atoms with van der Waals surface area (Å²) in [5, 5.41) is 19.6. The average Bonchev–Trinajstić information content (AvgIpc) is 3.00. The third kappa shape index (κ3) is 5.04. The number of benzene rings is 1. The minimum atomic E-state index is -0.944. The number of hydrogen-bond acceptors (Lipinski definition) is 4. The molecule has 0 aliphatic carbocycles. The molecule has 0 aliphatic heterocycles. The van der Waals surface area contributed by atoms with E-state index in [1.165, 1.54) is 30.5 Å². The normalized spacial score (nSPS) is 13.3. The highest BCUT2D eigenvalue weighted by molar-refractivity contribution is 5.89. The maximum Gasteiger partial charge on any atom is 0.319 e. The van der Waals surface area contributed by atoms with Crippen molar-refractivity contribution >= 4 is 11.7 Å². The second-order valence-electron chi connectivity index (χ2n) is 5.37. The molecule has 0 fully saturated rings. The van der Waals surface area contributed by atoms with Crippen molar-refractivity contribution in [1.82, 2.24) is 15.1 Å². The molecule has 24 heavy (non-hydrogen) atoms. The molecule has 3 N–H and O–H groups in total. The first kappa shape index (κ1) is 17.9. The van der Waals surface area contributed by atoms with Gasteiger partial charge >= 0.3 is 6.03 Å². The van der Waals surface area contributed by atoms with Crippen LogP contribution in [0.2, 0.25) is 0 Å². The Hall–Kier alpha value is -2.45. The lowest BCUT2D eigenvalue weighted by atomic mass is 10.0. The molecule has 0 saturated heterocycles. The number of aromatic nitrogens is 2. The molecule has 1 aromatic heterocycles. The number of halogens is 1. The van der Waals surface area contributed by atoms with Crippen molar-refractivity contribution in [2.75, 3.05) is 19.0 Å². The summed E-state index contributed by atoms with van der Waals surface area (Å²) in [6, 6.07) is 4.47. The zero-order chi connectivity index (χ0) is 17.5. The molecule has 2 atom stereocenters. The summed E-state index contributed by atoms with van der Waals surface area (Å²) >= 11 is 0. The minimum Gasteiger partial charge on any atom is -0.386 e. The third-order valence-corrected chi connectivity index (χ3v) is 3.46. The van der Waals surface area contributed by atoms with E-state index >= 15 is 0 Å². The van der Waals surface area contributed by atoms with E-state index in [9.17, 15) is 14.3 Å². The molecule has 130 valence electrons. The van der Waals surface area contributed by atoms with Crippen LogP contribution < -0.4 is 10.6 Å². The van der Waals surface area contributed by atoms with Crippen molar-refractivity contribution in [1.29, 1.82) is 0 Å². The van der Waals surface area contributed by atoms with Crippen LogP contribution in [0.15, 0.2) is 36.7 Å². The number of aliphatic hydroxyl groups excluding tert-OH is 1. The summed E-state index contributed by atoms with van der Waals surface area (Å²) < 4.78 is 19.5. The number of amides is 2. The predicted molar refractivity (Wildman–Crippen MR) is 87.1 cm³/mol. The van der Waals surface area contributed by atoms with Gasteiger partial charge in [-0.25, -0.2) is 9.18 Å². The summed E-state index contributed by atoms with van der Waals surface area (Å²) in [6.45, 7) is 2.77. The van der Waals surface area contributed by atoms with Gasteiger partial charge < -0.3 is 20.5 Å². The van der Waals surface area contributed by atoms with Gasteiger partial charge in [0.25, 0.3) is 0 Å². The van der Waals surface area contributed by atoms with Gasteiger partial charge in [0, 0.05) is 13.3 Å². The molecule has 7 nitrogen and oxygen atoms in total. The molecule has 0 saturated carbocycles. The standard InChI is InChI=1S/C16H21FN4O3/c1-11(15(22)12-3-5-13(17)6-4-12)19-16(23)20-14-9-18-21(10-14)7-8-24-2/h3-6,9-11,15,22H,7-8H2,1-2H3,(H2,19,20,23)/t11-,15-/m1/s1. The summed E-state index contributed by atoms with van der Waals surface area (Å²) in [5.74, 6) is -0.380. The highest BCUT2D eigenvalue weighted by atomic mass is 19.1. The van der Waals surface area contributed by atoms with Crippen molar-refractivity contribution in [2.24, 2.45) is 0 Å². The number of carbonyl (C=O) groups excluding carboxylic acids is 1. The lowest BCUT2D eigenvalue weighted by molar-refractivity contribution is 0.139. The predicted octanol–water partition coefficient (Wildman–Crippen LogP) is 1.91. The highest BCUT2D eigenvalue weighted by Crippen LogP contribution is 2.17. The number of rotatable bonds is 7. The number of methoxy groups -OCH3 is 1. The fourth-order valence-electron chi connectivity index (χ4n) is 2.14. The molecular weight excluding hydrogens is 315 g/mol. The monoisotopic (exact) mass is 336 g/mol. The van der Waals surface area contributed by atoms with Gasteiger partial charge in [0.2, 0.25) is 0 Å². The van der Waals surface area contributed by atoms with Crippen molar-refractivity contribution < 1.29 is 19.0 Å². The van der Waals surface area contributed by atoms with Crippen molar-refractivity contribution in [2.45, 2.75) is 25.6 Å². The lowest BCUT2D eigenvalue weighted by Crippen LogP contribution is -2.39. The largest absolute Gasteiger partial charge is 0.386 e. The van der Waals surface area contributed by atoms with Gasteiger partial charge in [0.1, 0.15) is 5.82 Å². The molecule has 0 bridgehead atoms. The Labute approximate surface area is 139 Å². The Morgan fingerprint density at radius 1 is 1.42 bits per heavy atom.